The maximum atomic E-state index is 14.1. The molecule has 4 heterocycles. The molecule has 1 aliphatic rings. The number of ether oxygens (including phenoxy) is 1. The summed E-state index contributed by atoms with van der Waals surface area (Å²) < 4.78 is 22.6. The molecule has 1 aliphatic heterocycles. The zero-order chi connectivity index (χ0) is 14.4. The van der Waals surface area contributed by atoms with Gasteiger partial charge in [0.05, 0.1) is 41.2 Å². The minimum absolute atomic E-state index is 0.126. The summed E-state index contributed by atoms with van der Waals surface area (Å²) in [5.41, 5.74) is 2.69. The average molecular weight is 304 g/mol. The Bertz CT molecular complexity index is 789. The van der Waals surface area contributed by atoms with Crippen molar-refractivity contribution in [2.45, 2.75) is 32.0 Å². The lowest BCUT2D eigenvalue weighted by atomic mass is 10.1. The van der Waals surface area contributed by atoms with Crippen LogP contribution >= 0.6 is 11.3 Å². The maximum absolute atomic E-state index is 14.1. The van der Waals surface area contributed by atoms with Crippen molar-refractivity contribution in [3.8, 4) is 0 Å². The SMILES string of the molecule is CC(F)c1nc2cnc3ccsc3c2n1[C@H]1CC[CH]OC1. The van der Waals surface area contributed by atoms with E-state index in [1.807, 2.05) is 22.6 Å². The van der Waals surface area contributed by atoms with Crippen molar-refractivity contribution in [2.75, 3.05) is 6.61 Å². The fourth-order valence-electron chi connectivity index (χ4n) is 2.96. The molecule has 3 aromatic rings. The Morgan fingerprint density at radius 2 is 2.38 bits per heavy atom. The number of hydrogen-bond acceptors (Lipinski definition) is 4. The first kappa shape index (κ1) is 13.2. The highest BCUT2D eigenvalue weighted by atomic mass is 32.1. The fraction of sp³-hybridized carbons (Fsp3) is 0.400. The first-order valence-corrected chi connectivity index (χ1v) is 7.95. The van der Waals surface area contributed by atoms with Gasteiger partial charge in [-0.15, -0.1) is 11.3 Å². The lowest BCUT2D eigenvalue weighted by molar-refractivity contribution is 0.108. The van der Waals surface area contributed by atoms with E-state index >= 15 is 0 Å². The number of thiophene rings is 1. The summed E-state index contributed by atoms with van der Waals surface area (Å²) in [6, 6.07) is 2.11. The summed E-state index contributed by atoms with van der Waals surface area (Å²) in [7, 11) is 0. The van der Waals surface area contributed by atoms with Crippen molar-refractivity contribution >= 4 is 32.6 Å². The summed E-state index contributed by atoms with van der Waals surface area (Å²) in [5.74, 6) is 0.475. The Kier molecular flexibility index (Phi) is 3.15. The molecule has 1 fully saturated rings. The van der Waals surface area contributed by atoms with E-state index in [-0.39, 0.29) is 6.04 Å². The first-order chi connectivity index (χ1) is 10.3. The van der Waals surface area contributed by atoms with E-state index < -0.39 is 6.17 Å². The number of rotatable bonds is 2. The van der Waals surface area contributed by atoms with Crippen LogP contribution in [0.1, 0.15) is 37.8 Å². The van der Waals surface area contributed by atoms with Gasteiger partial charge in [-0.05, 0) is 31.2 Å². The van der Waals surface area contributed by atoms with E-state index in [0.29, 0.717) is 12.4 Å². The first-order valence-electron chi connectivity index (χ1n) is 7.07. The molecule has 109 valence electrons. The third kappa shape index (κ3) is 2.05. The van der Waals surface area contributed by atoms with Crippen LogP contribution in [0, 0.1) is 6.61 Å². The van der Waals surface area contributed by atoms with Crippen molar-refractivity contribution in [1.82, 2.24) is 14.5 Å². The van der Waals surface area contributed by atoms with E-state index in [1.165, 1.54) is 6.92 Å². The highest BCUT2D eigenvalue weighted by Crippen LogP contribution is 2.35. The molecule has 2 atom stereocenters. The molecule has 4 rings (SSSR count). The quantitative estimate of drug-likeness (QED) is 0.712. The van der Waals surface area contributed by atoms with Crippen LogP contribution in [0.3, 0.4) is 0 Å². The second-order valence-electron chi connectivity index (χ2n) is 5.31. The molecular weight excluding hydrogens is 289 g/mol. The Morgan fingerprint density at radius 3 is 3.14 bits per heavy atom. The zero-order valence-electron chi connectivity index (χ0n) is 11.6. The molecule has 0 amide bonds. The summed E-state index contributed by atoms with van der Waals surface area (Å²) in [6.45, 7) is 3.93. The van der Waals surface area contributed by atoms with Crippen LogP contribution in [0.4, 0.5) is 4.39 Å². The molecule has 0 aliphatic carbocycles. The predicted molar refractivity (Wildman–Crippen MR) is 81.0 cm³/mol. The lowest BCUT2D eigenvalue weighted by Gasteiger charge is -2.25. The maximum Gasteiger partial charge on any atom is 0.155 e. The Morgan fingerprint density at radius 1 is 1.48 bits per heavy atom. The third-order valence-electron chi connectivity index (χ3n) is 3.90. The van der Waals surface area contributed by atoms with Gasteiger partial charge in [-0.3, -0.25) is 4.98 Å². The molecule has 4 nitrogen and oxygen atoms in total. The molecule has 3 aromatic heterocycles. The van der Waals surface area contributed by atoms with Crippen LogP contribution in [0.5, 0.6) is 0 Å². The Labute approximate surface area is 125 Å². The molecule has 0 saturated carbocycles. The highest BCUT2D eigenvalue weighted by Gasteiger charge is 2.26. The van der Waals surface area contributed by atoms with Crippen molar-refractivity contribution in [1.29, 1.82) is 0 Å². The molecule has 0 spiro atoms. The van der Waals surface area contributed by atoms with Crippen LogP contribution in [0.15, 0.2) is 17.6 Å². The number of halogens is 1. The summed E-state index contributed by atoms with van der Waals surface area (Å²) in [4.78, 5) is 8.89. The predicted octanol–water partition coefficient (Wildman–Crippen LogP) is 4.19. The third-order valence-corrected chi connectivity index (χ3v) is 4.81. The van der Waals surface area contributed by atoms with Gasteiger partial charge in [-0.1, -0.05) is 0 Å². The molecule has 0 N–H and O–H groups in total. The van der Waals surface area contributed by atoms with Crippen molar-refractivity contribution in [2.24, 2.45) is 0 Å². The van der Waals surface area contributed by atoms with Crippen LogP contribution < -0.4 is 0 Å². The Balaban J connectivity index is 2.03. The van der Waals surface area contributed by atoms with Crippen molar-refractivity contribution in [3.63, 3.8) is 0 Å². The normalized spacial score (nSPS) is 21.1. The van der Waals surface area contributed by atoms with E-state index in [2.05, 4.69) is 9.97 Å². The molecular formula is C15H15FN3OS. The monoisotopic (exact) mass is 304 g/mol. The summed E-state index contributed by atoms with van der Waals surface area (Å²) in [6.07, 6.45) is 2.45. The number of nitrogens with zero attached hydrogens (tertiary/aromatic N) is 3. The van der Waals surface area contributed by atoms with Gasteiger partial charge in [0.2, 0.25) is 0 Å². The smallest absolute Gasteiger partial charge is 0.155 e. The topological polar surface area (TPSA) is 39.9 Å². The molecule has 21 heavy (non-hydrogen) atoms. The van der Waals surface area contributed by atoms with Gasteiger partial charge in [0.15, 0.2) is 6.17 Å². The van der Waals surface area contributed by atoms with Gasteiger partial charge in [0, 0.05) is 0 Å². The Hall–Kier alpha value is -1.53. The van der Waals surface area contributed by atoms with E-state index in [0.717, 1.165) is 34.1 Å². The van der Waals surface area contributed by atoms with Gasteiger partial charge >= 0.3 is 0 Å². The van der Waals surface area contributed by atoms with Gasteiger partial charge in [-0.2, -0.15) is 0 Å². The van der Waals surface area contributed by atoms with Gasteiger partial charge < -0.3 is 9.30 Å². The molecule has 1 saturated heterocycles. The zero-order valence-corrected chi connectivity index (χ0v) is 12.4. The van der Waals surface area contributed by atoms with E-state index in [9.17, 15) is 4.39 Å². The number of aromatic nitrogens is 3. The van der Waals surface area contributed by atoms with Crippen LogP contribution in [-0.2, 0) is 4.74 Å². The van der Waals surface area contributed by atoms with Crippen LogP contribution in [0.25, 0.3) is 21.3 Å². The minimum Gasteiger partial charge on any atom is -0.373 e. The largest absolute Gasteiger partial charge is 0.373 e. The van der Waals surface area contributed by atoms with Crippen molar-refractivity contribution < 1.29 is 9.13 Å². The second kappa shape index (κ2) is 5.03. The summed E-state index contributed by atoms with van der Waals surface area (Å²) in [5, 5.41) is 2.01. The lowest BCUT2D eigenvalue weighted by Crippen LogP contribution is -2.21. The van der Waals surface area contributed by atoms with Gasteiger partial charge in [0.25, 0.3) is 0 Å². The van der Waals surface area contributed by atoms with E-state index in [1.54, 1.807) is 17.5 Å². The number of fused-ring (bicyclic) bond motifs is 3. The number of alkyl halides is 1. The highest BCUT2D eigenvalue weighted by molar-refractivity contribution is 7.18. The molecule has 6 heteroatoms. The van der Waals surface area contributed by atoms with Gasteiger partial charge in [0.1, 0.15) is 11.3 Å². The van der Waals surface area contributed by atoms with Gasteiger partial charge in [-0.25, -0.2) is 9.37 Å². The molecule has 0 aromatic carbocycles. The van der Waals surface area contributed by atoms with E-state index in [4.69, 9.17) is 4.74 Å². The number of imidazole rings is 1. The standard InChI is InChI=1S/C15H15FN3OS/c1-9(16)15-18-12-7-17-11-4-6-21-14(11)13(12)19(15)10-3-2-5-20-8-10/h4-7,9-10H,2-3,8H2,1H3/t9?,10-/m0/s1. The van der Waals surface area contributed by atoms with Crippen molar-refractivity contribution in [3.05, 3.63) is 30.1 Å². The van der Waals surface area contributed by atoms with Crippen LogP contribution in [-0.4, -0.2) is 21.1 Å². The van der Waals surface area contributed by atoms with Crippen LogP contribution in [0.2, 0.25) is 0 Å². The summed E-state index contributed by atoms with van der Waals surface area (Å²) >= 11 is 1.63. The molecule has 1 radical (unpaired) electrons. The average Bonchev–Trinajstić information content (AvgIpc) is 3.11. The minimum atomic E-state index is -1.11. The molecule has 0 bridgehead atoms. The second-order valence-corrected chi connectivity index (χ2v) is 6.23. The number of hydrogen-bond donors (Lipinski definition) is 0. The molecule has 1 unspecified atom stereocenters. The fourth-order valence-corrected chi connectivity index (χ4v) is 3.85. The number of pyridine rings is 1.